The molecule has 2 bridgehead atoms. The van der Waals surface area contributed by atoms with E-state index in [0.29, 0.717) is 31.2 Å². The Kier molecular flexibility index (Phi) is 6.97. The van der Waals surface area contributed by atoms with Crippen LogP contribution in [-0.4, -0.2) is 68.1 Å². The first kappa shape index (κ1) is 27.0. The number of nitrogens with zero attached hydrogens (tertiary/aromatic N) is 4. The lowest BCUT2D eigenvalue weighted by Gasteiger charge is -2.46. The number of carboxylic acid groups (broad SMARTS) is 1. The smallest absolute Gasteiger partial charge is 0.318 e. The first-order valence-electron chi connectivity index (χ1n) is 15.0. The van der Waals surface area contributed by atoms with Gasteiger partial charge in [0.15, 0.2) is 0 Å². The number of rotatable bonds is 7. The highest BCUT2D eigenvalue weighted by Crippen LogP contribution is 2.45. The third-order valence-electron chi connectivity index (χ3n) is 10.3. The van der Waals surface area contributed by atoms with E-state index in [1.165, 1.54) is 50.6 Å². The molecule has 7 heteroatoms. The molecule has 0 aliphatic carbocycles. The van der Waals surface area contributed by atoms with E-state index >= 15 is 0 Å². The second-order valence-electron chi connectivity index (χ2n) is 12.9. The Balaban J connectivity index is 1.17. The molecule has 7 nitrogen and oxygen atoms in total. The average Bonchev–Trinajstić information content (AvgIpc) is 3.42. The van der Waals surface area contributed by atoms with Gasteiger partial charge in [-0.15, -0.1) is 0 Å². The number of imidazole rings is 1. The molecule has 40 heavy (non-hydrogen) atoms. The van der Waals surface area contributed by atoms with Gasteiger partial charge in [0.25, 0.3) is 0 Å². The molecule has 1 N–H and O–H groups in total. The minimum Gasteiger partial charge on any atom is -0.480 e. The maximum absolute atomic E-state index is 13.1. The number of piperidine rings is 2. The summed E-state index contributed by atoms with van der Waals surface area (Å²) in [7, 11) is 0. The molecule has 3 aromatic rings. The monoisotopic (exact) mass is 542 g/mol. The number of carboxylic acids is 1. The number of aromatic nitrogens is 2. The molecule has 1 amide bonds. The highest BCUT2D eigenvalue weighted by Gasteiger charge is 2.46. The van der Waals surface area contributed by atoms with Crippen molar-refractivity contribution in [1.82, 2.24) is 19.4 Å². The lowest BCUT2D eigenvalue weighted by atomic mass is 9.70. The maximum Gasteiger partial charge on any atom is 0.318 e. The second-order valence-corrected chi connectivity index (χ2v) is 12.9. The Labute approximate surface area is 237 Å². The van der Waals surface area contributed by atoms with E-state index in [1.807, 2.05) is 0 Å². The van der Waals surface area contributed by atoms with E-state index in [9.17, 15) is 14.7 Å². The highest BCUT2D eigenvalue weighted by atomic mass is 16.4. The molecule has 6 rings (SSSR count). The lowest BCUT2D eigenvalue weighted by Crippen LogP contribution is -2.52. The van der Waals surface area contributed by atoms with Gasteiger partial charge < -0.3 is 14.6 Å². The normalized spacial score (nSPS) is 24.9. The summed E-state index contributed by atoms with van der Waals surface area (Å²) in [5.41, 5.74) is 2.31. The maximum atomic E-state index is 13.1. The fraction of sp³-hybridized carbons (Fsp3) is 0.545. The zero-order valence-electron chi connectivity index (χ0n) is 24.1. The second kappa shape index (κ2) is 10.3. The molecule has 3 atom stereocenters. The Bertz CT molecular complexity index is 1380. The number of benzene rings is 2. The third kappa shape index (κ3) is 4.62. The minimum atomic E-state index is -1.39. The van der Waals surface area contributed by atoms with Crippen LogP contribution in [0, 0.1) is 12.3 Å². The molecular weight excluding hydrogens is 500 g/mol. The predicted octanol–water partition coefficient (Wildman–Crippen LogP) is 5.57. The Hall–Kier alpha value is -3.19. The van der Waals surface area contributed by atoms with E-state index < -0.39 is 11.4 Å². The van der Waals surface area contributed by atoms with Crippen LogP contribution >= 0.6 is 0 Å². The van der Waals surface area contributed by atoms with Crippen LogP contribution in [0.2, 0.25) is 0 Å². The summed E-state index contributed by atoms with van der Waals surface area (Å²) in [4.78, 5) is 34.2. The number of amides is 1. The molecule has 0 unspecified atom stereocenters. The molecular formula is C33H42N4O3. The van der Waals surface area contributed by atoms with Gasteiger partial charge in [0, 0.05) is 31.2 Å². The van der Waals surface area contributed by atoms with Gasteiger partial charge in [-0.2, -0.15) is 0 Å². The molecule has 212 valence electrons. The molecule has 3 fully saturated rings. The zero-order valence-corrected chi connectivity index (χ0v) is 24.1. The van der Waals surface area contributed by atoms with Crippen LogP contribution in [0.1, 0.15) is 76.2 Å². The van der Waals surface area contributed by atoms with Crippen molar-refractivity contribution in [1.29, 1.82) is 0 Å². The van der Waals surface area contributed by atoms with Gasteiger partial charge in [-0.1, -0.05) is 42.5 Å². The number of hydrogen-bond donors (Lipinski definition) is 1. The number of hydrogen-bond acceptors (Lipinski definition) is 4. The minimum absolute atomic E-state index is 0.00116. The van der Waals surface area contributed by atoms with Crippen molar-refractivity contribution in [3.8, 4) is 0 Å². The van der Waals surface area contributed by atoms with Gasteiger partial charge in [0.1, 0.15) is 11.2 Å². The first-order valence-corrected chi connectivity index (χ1v) is 15.0. The van der Waals surface area contributed by atoms with E-state index in [4.69, 9.17) is 4.98 Å². The van der Waals surface area contributed by atoms with Crippen molar-refractivity contribution >= 4 is 22.9 Å². The number of para-hydroxylation sites is 2. The van der Waals surface area contributed by atoms with Crippen molar-refractivity contribution < 1.29 is 14.7 Å². The molecule has 2 aromatic carbocycles. The summed E-state index contributed by atoms with van der Waals surface area (Å²) in [5.74, 6) is -0.214. The number of carbonyl (C=O) groups is 2. The van der Waals surface area contributed by atoms with E-state index in [2.05, 4.69) is 71.0 Å². The summed E-state index contributed by atoms with van der Waals surface area (Å²) < 4.78 is 2.49. The fourth-order valence-electron chi connectivity index (χ4n) is 7.89. The summed E-state index contributed by atoms with van der Waals surface area (Å²) in [6.45, 7) is 7.45. The van der Waals surface area contributed by atoms with Crippen LogP contribution in [0.4, 0.5) is 0 Å². The van der Waals surface area contributed by atoms with Crippen LogP contribution < -0.4 is 0 Å². The molecule has 1 aromatic heterocycles. The van der Waals surface area contributed by atoms with Crippen LogP contribution in [0.5, 0.6) is 0 Å². The Morgan fingerprint density at radius 1 is 0.950 bits per heavy atom. The molecule has 0 spiro atoms. The van der Waals surface area contributed by atoms with Crippen molar-refractivity contribution in [2.24, 2.45) is 5.41 Å². The van der Waals surface area contributed by atoms with Gasteiger partial charge in [-0.25, -0.2) is 4.98 Å². The van der Waals surface area contributed by atoms with Gasteiger partial charge in [-0.05, 0) is 95.4 Å². The van der Waals surface area contributed by atoms with E-state index in [1.54, 1.807) is 4.90 Å². The van der Waals surface area contributed by atoms with Crippen molar-refractivity contribution in [2.75, 3.05) is 19.6 Å². The fourth-order valence-corrected chi connectivity index (χ4v) is 7.89. The number of carbonyl (C=O) groups excluding carboxylic acids is 1. The van der Waals surface area contributed by atoms with Gasteiger partial charge >= 0.3 is 5.97 Å². The number of aryl methyl sites for hydroxylation is 1. The van der Waals surface area contributed by atoms with E-state index in [-0.39, 0.29) is 11.3 Å². The lowest BCUT2D eigenvalue weighted by molar-refractivity contribution is -0.159. The molecule has 0 radical (unpaired) electrons. The average molecular weight is 543 g/mol. The molecule has 3 saturated heterocycles. The molecule has 3 aliphatic heterocycles. The quantitative estimate of drug-likeness (QED) is 0.395. The van der Waals surface area contributed by atoms with Gasteiger partial charge in [0.05, 0.1) is 11.0 Å². The van der Waals surface area contributed by atoms with Crippen LogP contribution in [-0.2, 0) is 15.0 Å². The van der Waals surface area contributed by atoms with Crippen molar-refractivity contribution in [2.45, 2.75) is 89.3 Å². The van der Waals surface area contributed by atoms with Gasteiger partial charge in [-0.3, -0.25) is 14.5 Å². The standard InChI is InChI=1S/C33H42N4O3/c1-23-34-28-11-7-8-12-29(28)37(23)27-21-25-13-14-26(22-27)36(25)20-17-33(24-9-5-4-6-10-24)15-18-35(19-16-33)30(38)32(2,3)31(39)40/h4-12,25-27H,13-22H2,1-3H3,(H,39,40)/t25-,26+,27+. The van der Waals surface area contributed by atoms with Crippen LogP contribution in [0.15, 0.2) is 54.6 Å². The molecule has 4 heterocycles. The highest BCUT2D eigenvalue weighted by molar-refractivity contribution is 6.01. The zero-order chi connectivity index (χ0) is 28.1. The Morgan fingerprint density at radius 3 is 2.23 bits per heavy atom. The summed E-state index contributed by atoms with van der Waals surface area (Å²) in [6, 6.07) is 21.0. The molecule has 0 saturated carbocycles. The SMILES string of the molecule is Cc1nc2ccccc2n1[C@H]1C[C@H]2CC[C@@H](C1)N2CCC1(c2ccccc2)CCN(C(=O)C(C)(C)C(=O)O)CC1. The summed E-state index contributed by atoms with van der Waals surface area (Å²) in [5, 5.41) is 9.60. The first-order chi connectivity index (χ1) is 19.2. The van der Waals surface area contributed by atoms with Crippen LogP contribution in [0.3, 0.4) is 0 Å². The van der Waals surface area contributed by atoms with E-state index in [0.717, 1.165) is 37.1 Å². The largest absolute Gasteiger partial charge is 0.480 e. The summed E-state index contributed by atoms with van der Waals surface area (Å²) in [6.07, 6.45) is 7.65. The Morgan fingerprint density at radius 2 is 1.57 bits per heavy atom. The van der Waals surface area contributed by atoms with Crippen LogP contribution in [0.25, 0.3) is 11.0 Å². The van der Waals surface area contributed by atoms with Gasteiger partial charge in [0.2, 0.25) is 5.91 Å². The predicted molar refractivity (Wildman–Crippen MR) is 156 cm³/mol. The summed E-state index contributed by atoms with van der Waals surface area (Å²) >= 11 is 0. The third-order valence-corrected chi connectivity index (χ3v) is 10.3. The van der Waals surface area contributed by atoms with Crippen molar-refractivity contribution in [3.63, 3.8) is 0 Å². The number of fused-ring (bicyclic) bond motifs is 3. The number of likely N-dealkylation sites (tertiary alicyclic amines) is 1. The molecule has 3 aliphatic rings. The van der Waals surface area contributed by atoms with Crippen molar-refractivity contribution in [3.05, 3.63) is 66.0 Å². The number of aliphatic carboxylic acids is 1. The topological polar surface area (TPSA) is 78.7 Å².